The summed E-state index contributed by atoms with van der Waals surface area (Å²) in [6.45, 7) is 2.18. The van der Waals surface area contributed by atoms with Crippen LogP contribution in [0.3, 0.4) is 0 Å². The number of aliphatic imine (C=N–C) groups is 1. The number of amides is 3. The summed E-state index contributed by atoms with van der Waals surface area (Å²) in [4.78, 5) is 38.1. The number of ether oxygens (including phenoxy) is 1. The number of nitriles is 1. The fraction of sp³-hybridized carbons (Fsp3) is 0.545. The average molecular weight is 440 g/mol. The quantitative estimate of drug-likeness (QED) is 0.705. The highest BCUT2D eigenvalue weighted by Crippen LogP contribution is 2.31. The first-order chi connectivity index (χ1) is 15.5. The lowest BCUT2D eigenvalue weighted by Crippen LogP contribution is -2.65. The minimum absolute atomic E-state index is 0.0237. The maximum atomic E-state index is 13.5. The Morgan fingerprint density at radius 1 is 1.31 bits per heavy atom. The molecule has 0 bridgehead atoms. The largest absolute Gasteiger partial charge is 0.383 e. The van der Waals surface area contributed by atoms with Crippen LogP contribution >= 0.6 is 0 Å². The molecule has 4 rings (SSSR count). The molecule has 3 unspecified atom stereocenters. The molecule has 0 saturated carbocycles. The molecule has 3 amide bonds. The van der Waals surface area contributed by atoms with E-state index in [2.05, 4.69) is 11.0 Å². The zero-order valence-corrected chi connectivity index (χ0v) is 18.5. The second-order valence-corrected chi connectivity index (χ2v) is 8.41. The minimum Gasteiger partial charge on any atom is -0.383 e. The number of fused-ring (bicyclic) bond motifs is 1. The number of likely N-dealkylation sites (N-methyl/N-ethyl adjacent to an activating group) is 1. The molecule has 1 aromatic rings. The first-order valence-corrected chi connectivity index (χ1v) is 10.9. The number of benzene rings is 1. The van der Waals surface area contributed by atoms with Gasteiger partial charge in [0.1, 0.15) is 0 Å². The number of carbonyl (C=O) groups excluding carboxylic acids is 2. The lowest BCUT2D eigenvalue weighted by molar-refractivity contribution is -0.138. The van der Waals surface area contributed by atoms with E-state index in [0.717, 1.165) is 24.9 Å². The van der Waals surface area contributed by atoms with Gasteiger partial charge in [0.2, 0.25) is 0 Å². The molecule has 0 spiro atoms. The molecular formula is C22H29N7O3. The van der Waals surface area contributed by atoms with Crippen molar-refractivity contribution in [3.63, 3.8) is 0 Å². The number of methoxy groups -OCH3 is 1. The van der Waals surface area contributed by atoms with Crippen LogP contribution < -0.4 is 5.73 Å². The molecule has 3 heterocycles. The van der Waals surface area contributed by atoms with E-state index in [9.17, 15) is 14.9 Å². The number of imide groups is 1. The van der Waals surface area contributed by atoms with Crippen molar-refractivity contribution in [3.8, 4) is 6.07 Å². The van der Waals surface area contributed by atoms with E-state index in [1.165, 1.54) is 16.9 Å². The third kappa shape index (κ3) is 3.89. The molecule has 10 heteroatoms. The third-order valence-corrected chi connectivity index (χ3v) is 6.31. The fourth-order valence-electron chi connectivity index (χ4n) is 4.63. The van der Waals surface area contributed by atoms with E-state index in [4.69, 9.17) is 15.5 Å². The van der Waals surface area contributed by atoms with E-state index in [-0.39, 0.29) is 31.1 Å². The van der Waals surface area contributed by atoms with Gasteiger partial charge in [-0.15, -0.1) is 0 Å². The molecule has 0 radical (unpaired) electrons. The number of hydrogen-bond donors (Lipinski definition) is 1. The van der Waals surface area contributed by atoms with Gasteiger partial charge >= 0.3 is 6.03 Å². The van der Waals surface area contributed by atoms with E-state index < -0.39 is 12.2 Å². The summed E-state index contributed by atoms with van der Waals surface area (Å²) in [6.07, 6.45) is 1.24. The predicted molar refractivity (Wildman–Crippen MR) is 117 cm³/mol. The summed E-state index contributed by atoms with van der Waals surface area (Å²) in [7, 11) is 3.20. The molecule has 0 aromatic heterocycles. The normalized spacial score (nSPS) is 25.7. The smallest absolute Gasteiger partial charge is 0.328 e. The number of likely N-dealkylation sites (tertiary alicyclic amines) is 1. The third-order valence-electron chi connectivity index (χ3n) is 6.31. The Labute approximate surface area is 187 Å². The number of nitrogens with zero attached hydrogens (tertiary/aromatic N) is 6. The molecule has 3 aliphatic heterocycles. The molecule has 2 saturated heterocycles. The molecule has 1 aromatic carbocycles. The van der Waals surface area contributed by atoms with Crippen LogP contribution in [-0.4, -0.2) is 96.1 Å². The lowest BCUT2D eigenvalue weighted by Gasteiger charge is -2.42. The van der Waals surface area contributed by atoms with Gasteiger partial charge in [-0.3, -0.25) is 9.69 Å². The molecule has 2 fully saturated rings. The number of hydrogen-bond acceptors (Lipinski definition) is 8. The summed E-state index contributed by atoms with van der Waals surface area (Å²) >= 11 is 0. The summed E-state index contributed by atoms with van der Waals surface area (Å²) in [5.41, 5.74) is 7.58. The maximum Gasteiger partial charge on any atom is 0.328 e. The standard InChI is InChI=1S/C22H29N7O3/c1-26-19-18(20(30)28(22(26)31)10-11-32-2)29(13-16-7-4-3-6-15(16)12-23)21(25-19)27-9-5-8-17(24)14-27/h3-4,6-7,17-19H,5,8-11,13-14,24H2,1-2H3. The van der Waals surface area contributed by atoms with Crippen molar-refractivity contribution in [2.45, 2.75) is 37.6 Å². The zero-order valence-electron chi connectivity index (χ0n) is 18.5. The van der Waals surface area contributed by atoms with Gasteiger partial charge in [0.25, 0.3) is 5.91 Å². The maximum absolute atomic E-state index is 13.5. The second kappa shape index (κ2) is 9.14. The Hall–Kier alpha value is -3.16. The number of nitrogens with two attached hydrogens (primary N) is 1. The fourth-order valence-corrected chi connectivity index (χ4v) is 4.63. The number of urea groups is 1. The summed E-state index contributed by atoms with van der Waals surface area (Å²) in [5, 5.41) is 9.57. The van der Waals surface area contributed by atoms with Crippen LogP contribution in [-0.2, 0) is 16.1 Å². The van der Waals surface area contributed by atoms with Crippen molar-refractivity contribution in [2.75, 3.05) is 40.4 Å². The molecule has 32 heavy (non-hydrogen) atoms. The molecule has 0 aliphatic carbocycles. The average Bonchev–Trinajstić information content (AvgIpc) is 3.17. The molecule has 170 valence electrons. The van der Waals surface area contributed by atoms with Gasteiger partial charge in [0.05, 0.1) is 24.8 Å². The van der Waals surface area contributed by atoms with E-state index in [1.807, 2.05) is 23.1 Å². The summed E-state index contributed by atoms with van der Waals surface area (Å²) in [6, 6.07) is 8.54. The molecule has 10 nitrogen and oxygen atoms in total. The van der Waals surface area contributed by atoms with Crippen molar-refractivity contribution < 1.29 is 14.3 Å². The summed E-state index contributed by atoms with van der Waals surface area (Å²) < 4.78 is 5.10. The topological polar surface area (TPSA) is 118 Å². The van der Waals surface area contributed by atoms with Crippen LogP contribution in [0, 0.1) is 11.3 Å². The SMILES string of the molecule is COCCN1C(=O)C2C(N=C(N3CCCC(N)C3)N2Cc2ccccc2C#N)N(C)C1=O. The highest BCUT2D eigenvalue weighted by atomic mass is 16.5. The molecule has 2 N–H and O–H groups in total. The first-order valence-electron chi connectivity index (χ1n) is 10.9. The van der Waals surface area contributed by atoms with Gasteiger partial charge in [-0.1, -0.05) is 18.2 Å². The van der Waals surface area contributed by atoms with E-state index in [0.29, 0.717) is 24.6 Å². The minimum atomic E-state index is -0.672. The van der Waals surface area contributed by atoms with Crippen LogP contribution in [0.2, 0.25) is 0 Å². The number of piperidine rings is 1. The molecule has 3 atom stereocenters. The molecule has 3 aliphatic rings. The Morgan fingerprint density at radius 3 is 2.81 bits per heavy atom. The zero-order chi connectivity index (χ0) is 22.8. The van der Waals surface area contributed by atoms with Crippen molar-refractivity contribution in [2.24, 2.45) is 10.7 Å². The van der Waals surface area contributed by atoms with Crippen molar-refractivity contribution in [1.82, 2.24) is 19.6 Å². The van der Waals surface area contributed by atoms with Gasteiger partial charge in [-0.05, 0) is 24.5 Å². The van der Waals surface area contributed by atoms with Crippen molar-refractivity contribution in [1.29, 1.82) is 5.26 Å². The van der Waals surface area contributed by atoms with Crippen LogP contribution in [0.4, 0.5) is 4.79 Å². The number of rotatable bonds is 5. The van der Waals surface area contributed by atoms with E-state index >= 15 is 0 Å². The Balaban J connectivity index is 1.72. The van der Waals surface area contributed by atoms with Crippen LogP contribution in [0.15, 0.2) is 29.3 Å². The van der Waals surface area contributed by atoms with Crippen molar-refractivity contribution >= 4 is 17.9 Å². The Bertz CT molecular complexity index is 959. The number of guanidine groups is 1. The van der Waals surface area contributed by atoms with Gasteiger partial charge in [-0.2, -0.15) is 5.26 Å². The molecular weight excluding hydrogens is 410 g/mol. The van der Waals surface area contributed by atoms with Crippen LogP contribution in [0.25, 0.3) is 0 Å². The highest BCUT2D eigenvalue weighted by Gasteiger charge is 2.53. The summed E-state index contributed by atoms with van der Waals surface area (Å²) in [5.74, 6) is 0.356. The van der Waals surface area contributed by atoms with Crippen LogP contribution in [0.5, 0.6) is 0 Å². The highest BCUT2D eigenvalue weighted by molar-refractivity contribution is 6.03. The monoisotopic (exact) mass is 439 g/mol. The number of carbonyl (C=O) groups is 2. The predicted octanol–water partition coefficient (Wildman–Crippen LogP) is 0.388. The first kappa shape index (κ1) is 22.0. The second-order valence-electron chi connectivity index (χ2n) is 8.41. The lowest BCUT2D eigenvalue weighted by atomic mass is 10.0. The van der Waals surface area contributed by atoms with E-state index in [1.54, 1.807) is 13.1 Å². The van der Waals surface area contributed by atoms with Crippen LogP contribution in [0.1, 0.15) is 24.0 Å². The Morgan fingerprint density at radius 2 is 2.09 bits per heavy atom. The Kier molecular flexibility index (Phi) is 6.30. The van der Waals surface area contributed by atoms with Gasteiger partial charge in [-0.25, -0.2) is 9.79 Å². The van der Waals surface area contributed by atoms with Gasteiger partial charge in [0.15, 0.2) is 18.2 Å². The van der Waals surface area contributed by atoms with Crippen molar-refractivity contribution in [3.05, 3.63) is 35.4 Å². The van der Waals surface area contributed by atoms with Gasteiger partial charge < -0.3 is 25.2 Å². The van der Waals surface area contributed by atoms with Gasteiger partial charge in [0, 0.05) is 39.8 Å².